The number of ketones is 1. The Kier molecular flexibility index (Phi) is 119. The molecule has 13 saturated heterocycles. The van der Waals surface area contributed by atoms with E-state index in [2.05, 4.69) is 88.5 Å². The van der Waals surface area contributed by atoms with Crippen molar-refractivity contribution in [3.05, 3.63) is 0 Å². The second-order valence-electron chi connectivity index (χ2n) is 26.5. The highest BCUT2D eigenvalue weighted by Gasteiger charge is 2.46. The van der Waals surface area contributed by atoms with Gasteiger partial charge in [-0.2, -0.15) is 0 Å². The average Bonchev–Trinajstić information content (AvgIpc) is 1.65. The van der Waals surface area contributed by atoms with Gasteiger partial charge in [0.15, 0.2) is 0 Å². The SMILES string of the molecule is C.C.CC.CC.CC.CC.CC.CC.CC.CC.CC.CC.CC.CC.CN1C2CCC1C2.CN1CC1.CN1CCC2(CC2)C1.CN1CCCC(=O)C1.CN1CCCC1.CN1CCCC1.CN1CCCC1.CN1CCCC1=O.CN1CCCC1=O.CN1CCCCC1.CN1CCCCC1=O.CN1CCCS1(=O)=O. The van der Waals surface area contributed by atoms with Crippen molar-refractivity contribution in [2.45, 2.75) is 354 Å². The third-order valence-corrected chi connectivity index (χ3v) is 20.3. The minimum Gasteiger partial charge on any atom is -0.346 e. The van der Waals surface area contributed by atoms with Crippen LogP contribution in [0, 0.1) is 5.41 Å². The van der Waals surface area contributed by atoms with Crippen LogP contribution in [-0.2, 0) is 29.2 Å². The van der Waals surface area contributed by atoms with E-state index in [-0.39, 0.29) is 14.9 Å². The monoisotopic (exact) mass is 1570 g/mol. The Morgan fingerprint density at radius 2 is 0.556 bits per heavy atom. The van der Waals surface area contributed by atoms with E-state index in [4.69, 9.17) is 0 Å². The van der Waals surface area contributed by atoms with Gasteiger partial charge in [-0.05, 0) is 256 Å². The van der Waals surface area contributed by atoms with Gasteiger partial charge in [0.2, 0.25) is 27.7 Å². The number of piperidine rings is 3. The molecule has 2 saturated carbocycles. The molecule has 3 amide bonds. The van der Waals surface area contributed by atoms with Gasteiger partial charge in [-0.15, -0.1) is 0 Å². The lowest BCUT2D eigenvalue weighted by molar-refractivity contribution is -0.131. The van der Waals surface area contributed by atoms with Crippen LogP contribution in [0.4, 0.5) is 0 Å². The van der Waals surface area contributed by atoms with Crippen molar-refractivity contribution >= 4 is 33.5 Å². The molecule has 0 radical (unpaired) electrons. The zero-order chi connectivity index (χ0) is 84.5. The smallest absolute Gasteiger partial charge is 0.222 e. The highest BCUT2D eigenvalue weighted by Crippen LogP contribution is 2.52. The molecule has 1 spiro atoms. The zero-order valence-corrected chi connectivity index (χ0v) is 79.8. The van der Waals surface area contributed by atoms with Crippen LogP contribution in [0.15, 0.2) is 0 Å². The van der Waals surface area contributed by atoms with Gasteiger partial charge >= 0.3 is 0 Å². The summed E-state index contributed by atoms with van der Waals surface area (Å²) in [6.07, 6.45) is 31.0. The molecule has 108 heavy (non-hydrogen) atoms. The van der Waals surface area contributed by atoms with Gasteiger partial charge in [0.05, 0.1) is 12.3 Å². The van der Waals surface area contributed by atoms with Crippen LogP contribution in [0.5, 0.6) is 0 Å². The summed E-state index contributed by atoms with van der Waals surface area (Å²) in [6, 6.07) is 1.98. The lowest BCUT2D eigenvalue weighted by Gasteiger charge is -2.36. The van der Waals surface area contributed by atoms with Crippen molar-refractivity contribution in [3.8, 4) is 0 Å². The minimum atomic E-state index is -2.79. The summed E-state index contributed by atoms with van der Waals surface area (Å²) in [5.74, 6) is 1.61. The first kappa shape index (κ1) is 132. The summed E-state index contributed by atoms with van der Waals surface area (Å²) >= 11 is 0. The summed E-state index contributed by atoms with van der Waals surface area (Å²) < 4.78 is 22.8. The summed E-state index contributed by atoms with van der Waals surface area (Å²) in [7, 11) is 21.6. The molecule has 0 aromatic rings. The van der Waals surface area contributed by atoms with Gasteiger partial charge in [-0.25, -0.2) is 12.7 Å². The molecule has 19 heteroatoms. The number of amides is 3. The Bertz CT molecular complexity index is 1790. The van der Waals surface area contributed by atoms with Crippen LogP contribution < -0.4 is 0 Å². The molecular formula is C89H206N12O6S. The number of carbonyl (C=O) groups is 4. The summed E-state index contributed by atoms with van der Waals surface area (Å²) in [6.45, 7) is 69.2. The number of rotatable bonds is 0. The largest absolute Gasteiger partial charge is 0.346 e. The highest BCUT2D eigenvalue weighted by atomic mass is 32.2. The maximum Gasteiger partial charge on any atom is 0.222 e. The summed E-state index contributed by atoms with van der Waals surface area (Å²) in [5, 5.41) is 0. The van der Waals surface area contributed by atoms with Crippen LogP contribution in [-0.4, -0.2) is 310 Å². The molecule has 13 heterocycles. The fourth-order valence-corrected chi connectivity index (χ4v) is 12.8. The lowest BCUT2D eigenvalue weighted by Crippen LogP contribution is -2.44. The number of likely N-dealkylation sites (tertiary alicyclic amines) is 9. The number of hydrogen-bond acceptors (Lipinski definition) is 14. The molecule has 2 atom stereocenters. The van der Waals surface area contributed by atoms with Gasteiger partial charge in [0.1, 0.15) is 5.78 Å². The summed E-state index contributed by atoms with van der Waals surface area (Å²) in [4.78, 5) is 66.4. The molecule has 13 aliphatic heterocycles. The maximum absolute atomic E-state index is 10.7. The predicted molar refractivity (Wildman–Crippen MR) is 490 cm³/mol. The molecule has 15 fully saturated rings. The molecule has 0 aromatic heterocycles. The second-order valence-corrected chi connectivity index (χ2v) is 28.6. The Morgan fingerprint density at radius 3 is 0.676 bits per heavy atom. The van der Waals surface area contributed by atoms with E-state index < -0.39 is 10.0 Å². The third-order valence-electron chi connectivity index (χ3n) is 18.3. The first-order valence-corrected chi connectivity index (χ1v) is 46.3. The molecule has 0 aromatic carbocycles. The number of Topliss-reactive ketones (excluding diaryl/α,β-unsaturated/α-hetero) is 1. The van der Waals surface area contributed by atoms with Crippen molar-refractivity contribution in [1.82, 2.24) is 58.2 Å². The molecule has 15 rings (SSSR count). The molecule has 2 unspecified atom stereocenters. The Hall–Kier alpha value is -2.33. The van der Waals surface area contributed by atoms with Gasteiger partial charge in [-0.1, -0.05) is 187 Å². The first-order valence-electron chi connectivity index (χ1n) is 44.7. The van der Waals surface area contributed by atoms with E-state index in [1.165, 1.54) is 186 Å². The Labute approximate surface area is 682 Å². The van der Waals surface area contributed by atoms with E-state index in [1.807, 2.05) is 194 Å². The predicted octanol–water partition coefficient (Wildman–Crippen LogP) is 19.8. The molecule has 15 aliphatic rings. The minimum absolute atomic E-state index is 0. The Morgan fingerprint density at radius 1 is 0.287 bits per heavy atom. The maximum atomic E-state index is 10.7. The van der Waals surface area contributed by atoms with Crippen molar-refractivity contribution < 1.29 is 27.6 Å². The van der Waals surface area contributed by atoms with Crippen molar-refractivity contribution in [1.29, 1.82) is 0 Å². The van der Waals surface area contributed by atoms with Gasteiger partial charge in [0, 0.05) is 112 Å². The van der Waals surface area contributed by atoms with Crippen LogP contribution in [0.1, 0.15) is 342 Å². The highest BCUT2D eigenvalue weighted by molar-refractivity contribution is 7.89. The number of sulfonamides is 1. The van der Waals surface area contributed by atoms with Crippen molar-refractivity contribution in [2.24, 2.45) is 5.41 Å². The fraction of sp³-hybridized carbons (Fsp3) is 0.955. The van der Waals surface area contributed by atoms with E-state index in [1.54, 1.807) is 21.7 Å². The quantitative estimate of drug-likeness (QED) is 0.212. The topological polar surface area (TPSA) is 141 Å². The van der Waals surface area contributed by atoms with Gasteiger partial charge < -0.3 is 49.0 Å². The molecule has 664 valence electrons. The first-order chi connectivity index (χ1) is 51.0. The second kappa shape index (κ2) is 97.0. The number of carbonyl (C=O) groups excluding carboxylic acids is 4. The van der Waals surface area contributed by atoms with E-state index >= 15 is 0 Å². The standard InChI is InChI=1S/C7H13N.2C6H11NO.C6H11N.C6H13N.2C5H9NO.3C5H11N.C4H9NO2S.C3H7N.12C2H6.2CH4/c1-8-5-4-7(6-8)2-3-7;1-7-4-2-3-6(8)5-7;1-7-5-3-2-4-6(7)8;1-7-5-2-3-6(7)4-5;1-7-5-3-2-4-6-7;2*1-6-4-2-3-5(6)7;3*1-6-4-2-3-5-6;1-5-3-2-4-8(5,6)7;1-4-2-3-4;12*1-2;;/h2-6H2,1H3;2*2-5H2,1H3;5-6H,2-4H2,1H3;2-6H2,1H3;2*2-4H2,1H3;3*2-5H2,1H3;2-4H2,1H3;2-3H2,1H3;12*1-2H3;2*1H4. The van der Waals surface area contributed by atoms with E-state index in [0.29, 0.717) is 42.3 Å². The molecular weight excluding hydrogens is 1370 g/mol. The van der Waals surface area contributed by atoms with Crippen LogP contribution >= 0.6 is 0 Å². The summed E-state index contributed by atoms with van der Waals surface area (Å²) in [5.41, 5.74) is 0.842. The lowest BCUT2D eigenvalue weighted by atomic mass is 10.1. The van der Waals surface area contributed by atoms with Crippen LogP contribution in [0.2, 0.25) is 0 Å². The number of fused-ring (bicyclic) bond motifs is 1. The number of hydrogen-bond donors (Lipinski definition) is 0. The number of nitrogens with zero attached hydrogens (tertiary/aromatic N) is 12. The molecule has 2 aliphatic carbocycles. The van der Waals surface area contributed by atoms with Gasteiger partial charge in [-0.3, -0.25) is 24.1 Å². The zero-order valence-electron chi connectivity index (χ0n) is 79.0. The van der Waals surface area contributed by atoms with E-state index in [9.17, 15) is 27.6 Å². The van der Waals surface area contributed by atoms with E-state index in [0.717, 1.165) is 101 Å². The third kappa shape index (κ3) is 80.3. The fourth-order valence-electron chi connectivity index (χ4n) is 11.6. The normalized spacial score (nSPS) is 21.5. The van der Waals surface area contributed by atoms with Crippen molar-refractivity contribution in [2.75, 3.05) is 208 Å². The van der Waals surface area contributed by atoms with Gasteiger partial charge in [0.25, 0.3) is 0 Å². The van der Waals surface area contributed by atoms with Crippen LogP contribution in [0.3, 0.4) is 0 Å². The molecule has 2 bridgehead atoms. The van der Waals surface area contributed by atoms with Crippen molar-refractivity contribution in [3.63, 3.8) is 0 Å². The number of likely N-dealkylation sites (N-methyl/N-ethyl adjacent to an activating group) is 2. The molecule has 0 N–H and O–H groups in total. The average molecular weight is 1570 g/mol. The Balaban J connectivity index is -0.0000000907. The molecule has 18 nitrogen and oxygen atoms in total. The van der Waals surface area contributed by atoms with Crippen LogP contribution in [0.25, 0.3) is 0 Å².